The second-order valence-corrected chi connectivity index (χ2v) is 7.03. The van der Waals surface area contributed by atoms with Crippen molar-refractivity contribution in [2.45, 2.75) is 51.2 Å². The van der Waals surface area contributed by atoms with E-state index in [4.69, 9.17) is 23.2 Å². The van der Waals surface area contributed by atoms with E-state index in [1.807, 2.05) is 17.0 Å². The lowest BCUT2D eigenvalue weighted by atomic mass is 10.2. The lowest BCUT2D eigenvalue weighted by Gasteiger charge is -2.24. The highest BCUT2D eigenvalue weighted by Gasteiger charge is 2.23. The summed E-state index contributed by atoms with van der Waals surface area (Å²) in [5.74, 6) is -0.342. The van der Waals surface area contributed by atoms with Crippen LogP contribution in [0.2, 0.25) is 10.0 Å². The fourth-order valence-corrected chi connectivity index (χ4v) is 3.16. The molecule has 2 N–H and O–H groups in total. The van der Waals surface area contributed by atoms with Gasteiger partial charge in [-0.15, -0.1) is 0 Å². The molecule has 0 aromatic heterocycles. The van der Waals surface area contributed by atoms with E-state index < -0.39 is 12.1 Å². The van der Waals surface area contributed by atoms with Crippen LogP contribution in [0.15, 0.2) is 18.2 Å². The van der Waals surface area contributed by atoms with Crippen LogP contribution in [-0.2, 0) is 11.3 Å². The number of nitrogens with one attached hydrogen (secondary N) is 2. The van der Waals surface area contributed by atoms with Crippen LogP contribution in [0.1, 0.15) is 38.2 Å². The molecule has 3 amide bonds. The maximum absolute atomic E-state index is 12.2. The monoisotopic (exact) mass is 371 g/mol. The number of carbonyl (C=O) groups excluding carboxylic acids is 2. The highest BCUT2D eigenvalue weighted by Crippen LogP contribution is 2.26. The van der Waals surface area contributed by atoms with Crippen LogP contribution in [0.4, 0.5) is 4.79 Å². The smallest absolute Gasteiger partial charge is 0.321 e. The molecule has 0 bridgehead atoms. The number of rotatable bonds is 5. The molecule has 1 unspecified atom stereocenters. The summed E-state index contributed by atoms with van der Waals surface area (Å²) in [7, 11) is 1.80. The first-order chi connectivity index (χ1) is 11.4. The number of benzene rings is 1. The van der Waals surface area contributed by atoms with Crippen molar-refractivity contribution in [1.82, 2.24) is 15.5 Å². The number of halogens is 2. The third-order valence-corrected chi connectivity index (χ3v) is 5.28. The minimum absolute atomic E-state index is 0.177. The van der Waals surface area contributed by atoms with Crippen LogP contribution < -0.4 is 10.6 Å². The Balaban J connectivity index is 1.87. The summed E-state index contributed by atoms with van der Waals surface area (Å²) in [6.45, 7) is 2.20. The number of urea groups is 1. The summed E-state index contributed by atoms with van der Waals surface area (Å²) in [5, 5.41) is 6.22. The summed E-state index contributed by atoms with van der Waals surface area (Å²) in [6, 6.07) is 4.68. The lowest BCUT2D eigenvalue weighted by Crippen LogP contribution is -2.50. The van der Waals surface area contributed by atoms with Crippen molar-refractivity contribution in [1.29, 1.82) is 0 Å². The van der Waals surface area contributed by atoms with E-state index in [1.54, 1.807) is 20.0 Å². The molecule has 5 nitrogen and oxygen atoms in total. The van der Waals surface area contributed by atoms with Gasteiger partial charge < -0.3 is 5.32 Å². The summed E-state index contributed by atoms with van der Waals surface area (Å²) >= 11 is 12.2. The van der Waals surface area contributed by atoms with Gasteiger partial charge in [0, 0.05) is 12.6 Å². The van der Waals surface area contributed by atoms with E-state index in [1.165, 1.54) is 0 Å². The van der Waals surface area contributed by atoms with Gasteiger partial charge in [0.1, 0.15) is 0 Å². The molecule has 7 heteroatoms. The molecule has 1 aliphatic carbocycles. The fraction of sp³-hybridized carbons (Fsp3) is 0.529. The Bertz CT molecular complexity index is 603. The topological polar surface area (TPSA) is 61.4 Å². The molecular weight excluding hydrogens is 349 g/mol. The molecule has 0 aliphatic heterocycles. The van der Waals surface area contributed by atoms with Gasteiger partial charge in [0.25, 0.3) is 0 Å². The third-order valence-electron chi connectivity index (χ3n) is 4.42. The zero-order chi connectivity index (χ0) is 17.7. The van der Waals surface area contributed by atoms with E-state index in [0.717, 1.165) is 31.2 Å². The number of hydrogen-bond donors (Lipinski definition) is 2. The molecule has 2 rings (SSSR count). The van der Waals surface area contributed by atoms with E-state index in [0.29, 0.717) is 16.6 Å². The Morgan fingerprint density at radius 1 is 1.29 bits per heavy atom. The van der Waals surface area contributed by atoms with Crippen molar-refractivity contribution in [3.05, 3.63) is 33.8 Å². The third kappa shape index (κ3) is 5.10. The van der Waals surface area contributed by atoms with Crippen LogP contribution in [-0.4, -0.2) is 36.0 Å². The Kier molecular flexibility index (Phi) is 6.90. The second kappa shape index (κ2) is 8.70. The molecule has 132 valence electrons. The van der Waals surface area contributed by atoms with Gasteiger partial charge in [-0.05, 0) is 38.4 Å². The van der Waals surface area contributed by atoms with Gasteiger partial charge in [-0.1, -0.05) is 48.2 Å². The Morgan fingerprint density at radius 2 is 1.96 bits per heavy atom. The first kappa shape index (κ1) is 19.0. The average molecular weight is 372 g/mol. The van der Waals surface area contributed by atoms with E-state index >= 15 is 0 Å². The van der Waals surface area contributed by atoms with Crippen molar-refractivity contribution in [2.24, 2.45) is 0 Å². The van der Waals surface area contributed by atoms with Crippen LogP contribution in [0.3, 0.4) is 0 Å². The molecule has 0 saturated heterocycles. The van der Waals surface area contributed by atoms with Crippen molar-refractivity contribution >= 4 is 35.1 Å². The molecule has 1 atom stereocenters. The van der Waals surface area contributed by atoms with Gasteiger partial charge in [0.2, 0.25) is 5.91 Å². The normalized spacial score (nSPS) is 16.2. The number of carbonyl (C=O) groups is 2. The number of hydrogen-bond acceptors (Lipinski definition) is 3. The lowest BCUT2D eigenvalue weighted by molar-refractivity contribution is -0.124. The van der Waals surface area contributed by atoms with Gasteiger partial charge in [-0.25, -0.2) is 4.79 Å². The maximum atomic E-state index is 12.2. The van der Waals surface area contributed by atoms with Crippen molar-refractivity contribution in [3.8, 4) is 0 Å². The maximum Gasteiger partial charge on any atom is 0.321 e. The van der Waals surface area contributed by atoms with Crippen LogP contribution in [0.25, 0.3) is 0 Å². The van der Waals surface area contributed by atoms with Crippen molar-refractivity contribution < 1.29 is 9.59 Å². The molecule has 1 saturated carbocycles. The van der Waals surface area contributed by atoms with Crippen LogP contribution in [0.5, 0.6) is 0 Å². The zero-order valence-electron chi connectivity index (χ0n) is 13.9. The van der Waals surface area contributed by atoms with Gasteiger partial charge in [-0.3, -0.25) is 15.0 Å². The predicted molar refractivity (Wildman–Crippen MR) is 96.3 cm³/mol. The summed E-state index contributed by atoms with van der Waals surface area (Å²) in [5.41, 5.74) is 0.835. The number of likely N-dealkylation sites (N-methyl/N-ethyl adjacent to an activating group) is 1. The summed E-state index contributed by atoms with van der Waals surface area (Å²) in [6.07, 6.45) is 4.20. The van der Waals surface area contributed by atoms with E-state index in [-0.39, 0.29) is 11.9 Å². The molecule has 1 aromatic carbocycles. The highest BCUT2D eigenvalue weighted by atomic mass is 35.5. The minimum Gasteiger partial charge on any atom is -0.335 e. The molecule has 0 spiro atoms. The van der Waals surface area contributed by atoms with Gasteiger partial charge in [0.05, 0.1) is 16.1 Å². The predicted octanol–water partition coefficient (Wildman–Crippen LogP) is 3.58. The molecule has 0 radical (unpaired) electrons. The van der Waals surface area contributed by atoms with E-state index in [2.05, 4.69) is 10.6 Å². The molecular formula is C17H23Cl2N3O2. The first-order valence-electron chi connectivity index (χ1n) is 8.13. The second-order valence-electron chi connectivity index (χ2n) is 6.25. The Morgan fingerprint density at radius 3 is 2.62 bits per heavy atom. The van der Waals surface area contributed by atoms with Crippen molar-refractivity contribution in [3.63, 3.8) is 0 Å². The van der Waals surface area contributed by atoms with Crippen molar-refractivity contribution in [2.75, 3.05) is 7.05 Å². The molecule has 1 aliphatic rings. The number of amides is 3. The van der Waals surface area contributed by atoms with Gasteiger partial charge in [-0.2, -0.15) is 0 Å². The molecule has 1 fully saturated rings. The summed E-state index contributed by atoms with van der Waals surface area (Å²) < 4.78 is 0. The highest BCUT2D eigenvalue weighted by molar-refractivity contribution is 6.42. The molecule has 24 heavy (non-hydrogen) atoms. The number of nitrogens with zero attached hydrogens (tertiary/aromatic N) is 1. The molecule has 0 heterocycles. The number of imide groups is 1. The zero-order valence-corrected chi connectivity index (χ0v) is 15.5. The van der Waals surface area contributed by atoms with E-state index in [9.17, 15) is 9.59 Å². The van der Waals surface area contributed by atoms with Crippen LogP contribution in [0, 0.1) is 0 Å². The largest absolute Gasteiger partial charge is 0.335 e. The van der Waals surface area contributed by atoms with Gasteiger partial charge >= 0.3 is 6.03 Å². The Labute approximate surface area is 152 Å². The average Bonchev–Trinajstić information content (AvgIpc) is 3.03. The minimum atomic E-state index is -0.477. The molecule has 1 aromatic rings. The summed E-state index contributed by atoms with van der Waals surface area (Å²) in [4.78, 5) is 25.9. The van der Waals surface area contributed by atoms with Crippen LogP contribution >= 0.6 is 23.2 Å². The van der Waals surface area contributed by atoms with Gasteiger partial charge in [0.15, 0.2) is 0 Å². The first-order valence-corrected chi connectivity index (χ1v) is 8.88. The SMILES string of the molecule is CC(C(=O)NC(=O)NC1CCCC1)N(C)Cc1cccc(Cl)c1Cl. The standard InChI is InChI=1S/C17H23Cl2N3O2/c1-11(16(23)21-17(24)20-13-7-3-4-8-13)22(2)10-12-6-5-9-14(18)15(12)19/h5-6,9,11,13H,3-4,7-8,10H2,1-2H3,(H2,20,21,23,24). The Hall–Kier alpha value is -1.30. The fourth-order valence-electron chi connectivity index (χ4n) is 2.78. The quantitative estimate of drug-likeness (QED) is 0.831.